The quantitative estimate of drug-likeness (QED) is 0.720. The minimum absolute atomic E-state index is 0.0110. The standard InChI is InChI=1S/C13H23N5O2S/c1-9(2)18-11(6-14)16-17-13(18)21-8-12(19)15-7-10-4-3-5-20-10/h9-10H,3-8,14H2,1-2H3,(H,15,19). The van der Waals surface area contributed by atoms with Crippen LogP contribution in [0.25, 0.3) is 0 Å². The molecule has 7 nitrogen and oxygen atoms in total. The van der Waals surface area contributed by atoms with Crippen molar-refractivity contribution in [2.24, 2.45) is 5.73 Å². The molecule has 1 aromatic rings. The van der Waals surface area contributed by atoms with Gasteiger partial charge in [0.25, 0.3) is 0 Å². The van der Waals surface area contributed by atoms with Gasteiger partial charge in [-0.2, -0.15) is 0 Å². The lowest BCUT2D eigenvalue weighted by molar-refractivity contribution is -0.119. The Hall–Kier alpha value is -1.12. The molecule has 1 unspecified atom stereocenters. The summed E-state index contributed by atoms with van der Waals surface area (Å²) in [5.41, 5.74) is 5.65. The van der Waals surface area contributed by atoms with Crippen LogP contribution in [0.4, 0.5) is 0 Å². The molecule has 1 amide bonds. The molecule has 1 saturated heterocycles. The molecule has 0 saturated carbocycles. The summed E-state index contributed by atoms with van der Waals surface area (Å²) in [6.45, 7) is 5.82. The van der Waals surface area contributed by atoms with Crippen LogP contribution in [0.3, 0.4) is 0 Å². The monoisotopic (exact) mass is 313 g/mol. The predicted molar refractivity (Wildman–Crippen MR) is 81.0 cm³/mol. The topological polar surface area (TPSA) is 95.1 Å². The maximum atomic E-state index is 11.9. The van der Waals surface area contributed by atoms with E-state index < -0.39 is 0 Å². The summed E-state index contributed by atoms with van der Waals surface area (Å²) in [6, 6.07) is 0.219. The molecule has 0 spiro atoms. The molecule has 3 N–H and O–H groups in total. The fourth-order valence-corrected chi connectivity index (χ4v) is 3.19. The number of rotatable bonds is 7. The third-order valence-electron chi connectivity index (χ3n) is 3.32. The van der Waals surface area contributed by atoms with Crippen molar-refractivity contribution in [3.05, 3.63) is 5.82 Å². The zero-order valence-electron chi connectivity index (χ0n) is 12.5. The summed E-state index contributed by atoms with van der Waals surface area (Å²) in [4.78, 5) is 11.9. The lowest BCUT2D eigenvalue weighted by atomic mass is 10.2. The number of nitrogens with one attached hydrogen (secondary N) is 1. The number of amides is 1. The molecule has 1 aliphatic heterocycles. The molecular formula is C13H23N5O2S. The van der Waals surface area contributed by atoms with E-state index in [2.05, 4.69) is 15.5 Å². The molecule has 1 atom stereocenters. The zero-order chi connectivity index (χ0) is 15.2. The Bertz CT molecular complexity index is 471. The number of hydrogen-bond acceptors (Lipinski definition) is 6. The van der Waals surface area contributed by atoms with E-state index in [9.17, 15) is 4.79 Å². The number of ether oxygens (including phenoxy) is 1. The van der Waals surface area contributed by atoms with Gasteiger partial charge >= 0.3 is 0 Å². The average Bonchev–Trinajstić information content (AvgIpc) is 3.11. The van der Waals surface area contributed by atoms with E-state index in [1.54, 1.807) is 0 Å². The SMILES string of the molecule is CC(C)n1c(CN)nnc1SCC(=O)NCC1CCCO1. The first-order chi connectivity index (χ1) is 10.1. The summed E-state index contributed by atoms with van der Waals surface area (Å²) >= 11 is 1.38. The average molecular weight is 313 g/mol. The molecule has 1 fully saturated rings. The van der Waals surface area contributed by atoms with Crippen molar-refractivity contribution in [3.8, 4) is 0 Å². The second kappa shape index (κ2) is 7.77. The van der Waals surface area contributed by atoms with Gasteiger partial charge < -0.3 is 20.4 Å². The van der Waals surface area contributed by atoms with Gasteiger partial charge in [0, 0.05) is 19.2 Å². The molecule has 118 valence electrons. The molecule has 21 heavy (non-hydrogen) atoms. The number of nitrogens with two attached hydrogens (primary N) is 1. The lowest BCUT2D eigenvalue weighted by Gasteiger charge is -2.13. The normalized spacial score (nSPS) is 18.4. The molecular weight excluding hydrogens is 290 g/mol. The van der Waals surface area contributed by atoms with Crippen molar-refractivity contribution in [1.82, 2.24) is 20.1 Å². The minimum atomic E-state index is -0.0110. The summed E-state index contributed by atoms with van der Waals surface area (Å²) in [7, 11) is 0. The number of aromatic nitrogens is 3. The first kappa shape index (κ1) is 16.3. The van der Waals surface area contributed by atoms with E-state index in [0.29, 0.717) is 18.8 Å². The summed E-state index contributed by atoms with van der Waals surface area (Å²) in [6.07, 6.45) is 2.27. The summed E-state index contributed by atoms with van der Waals surface area (Å²) in [5, 5.41) is 11.8. The van der Waals surface area contributed by atoms with Gasteiger partial charge in [-0.05, 0) is 26.7 Å². The van der Waals surface area contributed by atoms with Gasteiger partial charge in [-0.25, -0.2) is 0 Å². The Labute approximate surface area is 129 Å². The third-order valence-corrected chi connectivity index (χ3v) is 4.26. The Kier molecular flexibility index (Phi) is 6.01. The minimum Gasteiger partial charge on any atom is -0.376 e. The van der Waals surface area contributed by atoms with Crippen molar-refractivity contribution >= 4 is 17.7 Å². The van der Waals surface area contributed by atoms with Gasteiger partial charge in [0.1, 0.15) is 5.82 Å². The number of carbonyl (C=O) groups is 1. The third kappa shape index (κ3) is 4.42. The highest BCUT2D eigenvalue weighted by molar-refractivity contribution is 7.99. The van der Waals surface area contributed by atoms with Gasteiger partial charge in [0.2, 0.25) is 5.91 Å². The molecule has 2 heterocycles. The van der Waals surface area contributed by atoms with E-state index in [-0.39, 0.29) is 18.1 Å². The van der Waals surface area contributed by atoms with Crippen LogP contribution in [0, 0.1) is 0 Å². The maximum Gasteiger partial charge on any atom is 0.230 e. The fraction of sp³-hybridized carbons (Fsp3) is 0.769. The first-order valence-corrected chi connectivity index (χ1v) is 8.25. The Morgan fingerprint density at radius 1 is 1.57 bits per heavy atom. The van der Waals surface area contributed by atoms with E-state index in [0.717, 1.165) is 30.4 Å². The highest BCUT2D eigenvalue weighted by atomic mass is 32.2. The fourth-order valence-electron chi connectivity index (χ4n) is 2.28. The van der Waals surface area contributed by atoms with E-state index in [1.165, 1.54) is 11.8 Å². The van der Waals surface area contributed by atoms with Gasteiger partial charge in [0.15, 0.2) is 5.16 Å². The van der Waals surface area contributed by atoms with Crippen LogP contribution >= 0.6 is 11.8 Å². The zero-order valence-corrected chi connectivity index (χ0v) is 13.4. The van der Waals surface area contributed by atoms with E-state index in [1.807, 2.05) is 18.4 Å². The summed E-state index contributed by atoms with van der Waals surface area (Å²) < 4.78 is 7.44. The molecule has 1 aliphatic rings. The number of nitrogens with zero attached hydrogens (tertiary/aromatic N) is 3. The second-order valence-electron chi connectivity index (χ2n) is 5.29. The Morgan fingerprint density at radius 3 is 3.00 bits per heavy atom. The number of hydrogen-bond donors (Lipinski definition) is 2. The first-order valence-electron chi connectivity index (χ1n) is 7.26. The largest absolute Gasteiger partial charge is 0.376 e. The van der Waals surface area contributed by atoms with Crippen LogP contribution in [0.2, 0.25) is 0 Å². The molecule has 8 heteroatoms. The molecule has 2 rings (SSSR count). The summed E-state index contributed by atoms with van der Waals surface area (Å²) in [5.74, 6) is 1.05. The lowest BCUT2D eigenvalue weighted by Crippen LogP contribution is -2.33. The Balaban J connectivity index is 1.81. The predicted octanol–water partition coefficient (Wildman–Crippen LogP) is 0.705. The highest BCUT2D eigenvalue weighted by Gasteiger charge is 2.18. The van der Waals surface area contributed by atoms with Crippen LogP contribution in [0.5, 0.6) is 0 Å². The van der Waals surface area contributed by atoms with Crippen LogP contribution in [-0.4, -0.2) is 45.7 Å². The molecule has 0 aliphatic carbocycles. The van der Waals surface area contributed by atoms with Crippen molar-refractivity contribution in [3.63, 3.8) is 0 Å². The van der Waals surface area contributed by atoms with Gasteiger partial charge in [-0.1, -0.05) is 11.8 Å². The van der Waals surface area contributed by atoms with Crippen LogP contribution in [-0.2, 0) is 16.1 Å². The molecule has 0 bridgehead atoms. The molecule has 1 aromatic heterocycles. The van der Waals surface area contributed by atoms with Crippen LogP contribution < -0.4 is 11.1 Å². The van der Waals surface area contributed by atoms with E-state index in [4.69, 9.17) is 10.5 Å². The van der Waals surface area contributed by atoms with Crippen molar-refractivity contribution in [1.29, 1.82) is 0 Å². The second-order valence-corrected chi connectivity index (χ2v) is 6.24. The van der Waals surface area contributed by atoms with Crippen LogP contribution in [0.1, 0.15) is 38.6 Å². The molecule has 0 aromatic carbocycles. The molecule has 0 radical (unpaired) electrons. The van der Waals surface area contributed by atoms with Crippen molar-refractivity contribution in [2.45, 2.75) is 50.5 Å². The Morgan fingerprint density at radius 2 is 2.38 bits per heavy atom. The highest BCUT2D eigenvalue weighted by Crippen LogP contribution is 2.21. The van der Waals surface area contributed by atoms with Gasteiger partial charge in [-0.15, -0.1) is 10.2 Å². The van der Waals surface area contributed by atoms with Crippen molar-refractivity contribution < 1.29 is 9.53 Å². The van der Waals surface area contributed by atoms with E-state index >= 15 is 0 Å². The number of carbonyl (C=O) groups excluding carboxylic acids is 1. The number of thioether (sulfide) groups is 1. The van der Waals surface area contributed by atoms with Gasteiger partial charge in [-0.3, -0.25) is 4.79 Å². The van der Waals surface area contributed by atoms with Crippen molar-refractivity contribution in [2.75, 3.05) is 18.9 Å². The van der Waals surface area contributed by atoms with Gasteiger partial charge in [0.05, 0.1) is 18.4 Å². The van der Waals surface area contributed by atoms with Crippen LogP contribution in [0.15, 0.2) is 5.16 Å². The maximum absolute atomic E-state index is 11.9. The smallest absolute Gasteiger partial charge is 0.230 e.